The van der Waals surface area contributed by atoms with Crippen LogP contribution in [0.5, 0.6) is 0 Å². The third-order valence-electron chi connectivity index (χ3n) is 4.58. The van der Waals surface area contributed by atoms with E-state index >= 15 is 0 Å². The van der Waals surface area contributed by atoms with E-state index in [1.807, 2.05) is 55.5 Å². The largest absolute Gasteiger partial charge is 0.304 e. The molecule has 0 saturated heterocycles. The molecule has 0 fully saturated rings. The molecular weight excluding hydrogens is 390 g/mol. The zero-order chi connectivity index (χ0) is 18.3. The van der Waals surface area contributed by atoms with Crippen LogP contribution in [0, 0.1) is 6.92 Å². The first-order valence-electron chi connectivity index (χ1n) is 8.36. The Bertz CT molecular complexity index is 1020. The summed E-state index contributed by atoms with van der Waals surface area (Å²) in [5.41, 5.74) is 5.01. The van der Waals surface area contributed by atoms with E-state index in [2.05, 4.69) is 28.1 Å². The van der Waals surface area contributed by atoms with Gasteiger partial charge in [-0.2, -0.15) is 0 Å². The number of ketones is 1. The van der Waals surface area contributed by atoms with Crippen LogP contribution in [0.15, 0.2) is 71.2 Å². The SMILES string of the molecule is Cc1ccc2c(c1)C(=O)C(=O)N2c1ccccc1Cc1ccc(Br)cc1. The number of aryl methyl sites for hydroxylation is 1. The van der Waals surface area contributed by atoms with Crippen molar-refractivity contribution >= 4 is 39.0 Å². The van der Waals surface area contributed by atoms with Crippen molar-refractivity contribution in [3.63, 3.8) is 0 Å². The maximum atomic E-state index is 12.7. The first-order chi connectivity index (χ1) is 12.5. The Morgan fingerprint density at radius 3 is 2.38 bits per heavy atom. The maximum absolute atomic E-state index is 12.7. The lowest BCUT2D eigenvalue weighted by Crippen LogP contribution is -2.25. The number of hydrogen-bond donors (Lipinski definition) is 0. The molecule has 0 unspecified atom stereocenters. The monoisotopic (exact) mass is 405 g/mol. The molecule has 1 amide bonds. The lowest BCUT2D eigenvalue weighted by atomic mass is 10.0. The van der Waals surface area contributed by atoms with E-state index in [0.29, 0.717) is 17.7 Å². The minimum Gasteiger partial charge on any atom is -0.283 e. The molecule has 0 N–H and O–H groups in total. The highest BCUT2D eigenvalue weighted by atomic mass is 79.9. The fraction of sp³-hybridized carbons (Fsp3) is 0.0909. The van der Waals surface area contributed by atoms with Gasteiger partial charge in [0.15, 0.2) is 0 Å². The van der Waals surface area contributed by atoms with Crippen LogP contribution in [0.2, 0.25) is 0 Å². The van der Waals surface area contributed by atoms with Gasteiger partial charge in [0, 0.05) is 4.47 Å². The number of rotatable bonds is 3. The number of hydrogen-bond acceptors (Lipinski definition) is 2. The van der Waals surface area contributed by atoms with E-state index in [4.69, 9.17) is 0 Å². The van der Waals surface area contributed by atoms with Crippen molar-refractivity contribution in [2.24, 2.45) is 0 Å². The summed E-state index contributed by atoms with van der Waals surface area (Å²) in [4.78, 5) is 26.7. The van der Waals surface area contributed by atoms with Crippen LogP contribution >= 0.6 is 15.9 Å². The molecule has 1 aliphatic heterocycles. The molecule has 0 aliphatic carbocycles. The van der Waals surface area contributed by atoms with Crippen molar-refractivity contribution in [1.29, 1.82) is 0 Å². The van der Waals surface area contributed by atoms with Crippen LogP contribution < -0.4 is 4.90 Å². The normalized spacial score (nSPS) is 13.2. The second kappa shape index (κ2) is 6.54. The van der Waals surface area contributed by atoms with E-state index in [9.17, 15) is 9.59 Å². The highest BCUT2D eigenvalue weighted by Crippen LogP contribution is 2.38. The number of Topliss-reactive ketones (excluding diaryl/α,β-unsaturated/α-hetero) is 1. The molecule has 0 spiro atoms. The van der Waals surface area contributed by atoms with Crippen molar-refractivity contribution in [3.8, 4) is 0 Å². The number of para-hydroxylation sites is 1. The number of amides is 1. The average molecular weight is 406 g/mol. The van der Waals surface area contributed by atoms with Crippen LogP contribution in [-0.2, 0) is 11.2 Å². The molecule has 0 atom stereocenters. The topological polar surface area (TPSA) is 37.4 Å². The number of carbonyl (C=O) groups excluding carboxylic acids is 2. The van der Waals surface area contributed by atoms with E-state index in [1.54, 1.807) is 11.0 Å². The molecule has 26 heavy (non-hydrogen) atoms. The Balaban J connectivity index is 1.79. The van der Waals surface area contributed by atoms with Crippen molar-refractivity contribution in [2.45, 2.75) is 13.3 Å². The molecule has 0 aromatic heterocycles. The van der Waals surface area contributed by atoms with Crippen molar-refractivity contribution < 1.29 is 9.59 Å². The molecule has 0 saturated carbocycles. The number of fused-ring (bicyclic) bond motifs is 1. The van der Waals surface area contributed by atoms with Gasteiger partial charge >= 0.3 is 5.91 Å². The first kappa shape index (κ1) is 16.7. The zero-order valence-electron chi connectivity index (χ0n) is 14.2. The molecule has 1 heterocycles. The molecule has 4 heteroatoms. The van der Waals surface area contributed by atoms with Gasteiger partial charge in [0.1, 0.15) is 0 Å². The molecule has 0 bridgehead atoms. The van der Waals surface area contributed by atoms with Crippen LogP contribution in [0.1, 0.15) is 27.0 Å². The minimum absolute atomic E-state index is 0.442. The lowest BCUT2D eigenvalue weighted by molar-refractivity contribution is -0.113. The Hall–Kier alpha value is -2.72. The highest BCUT2D eigenvalue weighted by molar-refractivity contribution is 9.10. The summed E-state index contributed by atoms with van der Waals surface area (Å²) < 4.78 is 1.03. The molecule has 3 aromatic rings. The van der Waals surface area contributed by atoms with Gasteiger partial charge in [0.2, 0.25) is 0 Å². The smallest absolute Gasteiger partial charge is 0.283 e. The summed E-state index contributed by atoms with van der Waals surface area (Å²) in [7, 11) is 0. The van der Waals surface area contributed by atoms with Crippen molar-refractivity contribution in [3.05, 3.63) is 93.5 Å². The van der Waals surface area contributed by atoms with Crippen molar-refractivity contribution in [1.82, 2.24) is 0 Å². The minimum atomic E-state index is -0.492. The third-order valence-corrected chi connectivity index (χ3v) is 5.10. The van der Waals surface area contributed by atoms with Gasteiger partial charge in [-0.15, -0.1) is 0 Å². The Morgan fingerprint density at radius 1 is 0.885 bits per heavy atom. The summed E-state index contributed by atoms with van der Waals surface area (Å²) in [5, 5.41) is 0. The standard InChI is InChI=1S/C22H16BrNO2/c1-14-6-11-20-18(12-14)21(25)22(26)24(20)19-5-3-2-4-16(19)13-15-7-9-17(23)10-8-15/h2-12H,13H2,1H3. The van der Waals surface area contributed by atoms with Crippen LogP contribution in [-0.4, -0.2) is 11.7 Å². The predicted octanol–water partition coefficient (Wildman–Crippen LogP) is 5.21. The molecule has 1 aliphatic rings. The van der Waals surface area contributed by atoms with Crippen molar-refractivity contribution in [2.75, 3.05) is 4.90 Å². The van der Waals surface area contributed by atoms with Crippen LogP contribution in [0.4, 0.5) is 11.4 Å². The second-order valence-electron chi connectivity index (χ2n) is 6.42. The van der Waals surface area contributed by atoms with Gasteiger partial charge in [0.25, 0.3) is 5.78 Å². The van der Waals surface area contributed by atoms with Crippen LogP contribution in [0.25, 0.3) is 0 Å². The predicted molar refractivity (Wildman–Crippen MR) is 106 cm³/mol. The van der Waals surface area contributed by atoms with Gasteiger partial charge in [-0.3, -0.25) is 14.5 Å². The Morgan fingerprint density at radius 2 is 1.62 bits per heavy atom. The van der Waals surface area contributed by atoms with E-state index in [-0.39, 0.29) is 0 Å². The number of nitrogens with zero attached hydrogens (tertiary/aromatic N) is 1. The average Bonchev–Trinajstić information content (AvgIpc) is 2.88. The third kappa shape index (κ3) is 2.86. The molecule has 4 rings (SSSR count). The maximum Gasteiger partial charge on any atom is 0.304 e. The van der Waals surface area contributed by atoms with Gasteiger partial charge in [-0.25, -0.2) is 0 Å². The summed E-state index contributed by atoms with van der Waals surface area (Å²) >= 11 is 3.45. The van der Waals surface area contributed by atoms with Gasteiger partial charge in [0.05, 0.1) is 16.9 Å². The molecule has 3 aromatic carbocycles. The highest BCUT2D eigenvalue weighted by Gasteiger charge is 2.37. The molecule has 0 radical (unpaired) electrons. The van der Waals surface area contributed by atoms with Crippen LogP contribution in [0.3, 0.4) is 0 Å². The number of benzene rings is 3. The second-order valence-corrected chi connectivity index (χ2v) is 7.34. The molecule has 3 nitrogen and oxygen atoms in total. The summed E-state index contributed by atoms with van der Waals surface area (Å²) in [6.45, 7) is 1.92. The van der Waals surface area contributed by atoms with Gasteiger partial charge < -0.3 is 0 Å². The number of anilines is 2. The van der Waals surface area contributed by atoms with E-state index < -0.39 is 11.7 Å². The van der Waals surface area contributed by atoms with Gasteiger partial charge in [-0.05, 0) is 54.8 Å². The molecule has 128 valence electrons. The summed E-state index contributed by atoms with van der Waals surface area (Å²) in [6.07, 6.45) is 0.683. The number of halogens is 1. The Labute approximate surface area is 160 Å². The Kier molecular flexibility index (Phi) is 4.21. The fourth-order valence-corrected chi connectivity index (χ4v) is 3.56. The lowest BCUT2D eigenvalue weighted by Gasteiger charge is -2.20. The zero-order valence-corrected chi connectivity index (χ0v) is 15.8. The summed E-state index contributed by atoms with van der Waals surface area (Å²) in [6, 6.07) is 21.4. The van der Waals surface area contributed by atoms with Gasteiger partial charge in [-0.1, -0.05) is 57.9 Å². The first-order valence-corrected chi connectivity index (χ1v) is 9.15. The quantitative estimate of drug-likeness (QED) is 0.560. The molecular formula is C22H16BrNO2. The van der Waals surface area contributed by atoms with E-state index in [1.165, 1.54) is 0 Å². The summed E-state index contributed by atoms with van der Waals surface area (Å²) in [5.74, 6) is -0.934. The number of carbonyl (C=O) groups is 2. The van der Waals surface area contributed by atoms with E-state index in [0.717, 1.165) is 26.9 Å². The fourth-order valence-electron chi connectivity index (χ4n) is 3.29.